The number of benzene rings is 1. The number of hydrogen-bond acceptors (Lipinski definition) is 3. The second-order valence-corrected chi connectivity index (χ2v) is 4.36. The van der Waals surface area contributed by atoms with Gasteiger partial charge in [0.1, 0.15) is 12.4 Å². The van der Waals surface area contributed by atoms with Crippen molar-refractivity contribution in [2.45, 2.75) is 26.3 Å². The van der Waals surface area contributed by atoms with Gasteiger partial charge in [0, 0.05) is 13.1 Å². The molecule has 0 saturated carbocycles. The van der Waals surface area contributed by atoms with Gasteiger partial charge < -0.3 is 15.4 Å². The number of nitrogens with two attached hydrogens (primary N) is 1. The summed E-state index contributed by atoms with van der Waals surface area (Å²) < 4.78 is 5.70. The van der Waals surface area contributed by atoms with Gasteiger partial charge in [0.25, 0.3) is 0 Å². The van der Waals surface area contributed by atoms with Crippen LogP contribution in [0.1, 0.15) is 25.3 Å². The monoisotopic (exact) mass is 236 g/mol. The molecule has 0 unspecified atom stereocenters. The molecule has 0 aliphatic heterocycles. The first-order chi connectivity index (χ1) is 8.26. The van der Waals surface area contributed by atoms with E-state index in [-0.39, 0.29) is 0 Å². The van der Waals surface area contributed by atoms with Crippen molar-refractivity contribution < 1.29 is 4.74 Å². The summed E-state index contributed by atoms with van der Waals surface area (Å²) in [5.41, 5.74) is 6.70. The summed E-state index contributed by atoms with van der Waals surface area (Å²) in [5.74, 6) is 0.914. The normalized spacial score (nSPS) is 10.8. The van der Waals surface area contributed by atoms with Crippen LogP contribution >= 0.6 is 0 Å². The Bertz CT molecular complexity index is 315. The van der Waals surface area contributed by atoms with Crippen LogP contribution in [0.3, 0.4) is 0 Å². The predicted molar refractivity (Wildman–Crippen MR) is 72.2 cm³/mol. The third-order valence-electron chi connectivity index (χ3n) is 2.77. The standard InChI is InChI=1S/C14H24N2O/c1-3-4-8-16(2)9-10-17-14-7-5-6-13(11-14)12-15/h5-7,11H,3-4,8-10,12,15H2,1-2H3. The third-order valence-corrected chi connectivity index (χ3v) is 2.77. The van der Waals surface area contributed by atoms with Gasteiger partial charge in [-0.1, -0.05) is 25.5 Å². The second kappa shape index (κ2) is 8.09. The topological polar surface area (TPSA) is 38.5 Å². The fourth-order valence-electron chi connectivity index (χ4n) is 1.62. The van der Waals surface area contributed by atoms with Crippen molar-refractivity contribution >= 4 is 0 Å². The Hall–Kier alpha value is -1.06. The molecule has 0 bridgehead atoms. The van der Waals surface area contributed by atoms with Crippen molar-refractivity contribution in [2.75, 3.05) is 26.7 Å². The third kappa shape index (κ3) is 5.71. The van der Waals surface area contributed by atoms with Crippen LogP contribution in [-0.4, -0.2) is 31.6 Å². The van der Waals surface area contributed by atoms with Gasteiger partial charge in [-0.2, -0.15) is 0 Å². The lowest BCUT2D eigenvalue weighted by atomic mass is 10.2. The maximum Gasteiger partial charge on any atom is 0.119 e. The Morgan fingerprint density at radius 2 is 2.12 bits per heavy atom. The zero-order valence-electron chi connectivity index (χ0n) is 11.0. The number of nitrogens with zero attached hydrogens (tertiary/aromatic N) is 1. The second-order valence-electron chi connectivity index (χ2n) is 4.36. The van der Waals surface area contributed by atoms with E-state index in [0.717, 1.165) is 31.0 Å². The van der Waals surface area contributed by atoms with Gasteiger partial charge in [-0.05, 0) is 37.7 Å². The zero-order valence-corrected chi connectivity index (χ0v) is 11.0. The summed E-state index contributed by atoms with van der Waals surface area (Å²) in [6.45, 7) is 5.61. The molecule has 0 amide bonds. The molecular weight excluding hydrogens is 212 g/mol. The molecule has 17 heavy (non-hydrogen) atoms. The van der Waals surface area contributed by atoms with E-state index in [1.165, 1.54) is 12.8 Å². The van der Waals surface area contributed by atoms with Crippen LogP contribution in [0.5, 0.6) is 5.75 Å². The molecule has 0 radical (unpaired) electrons. The molecule has 1 aromatic rings. The number of likely N-dealkylation sites (N-methyl/N-ethyl adjacent to an activating group) is 1. The molecule has 0 heterocycles. The van der Waals surface area contributed by atoms with E-state index in [2.05, 4.69) is 18.9 Å². The number of rotatable bonds is 8. The van der Waals surface area contributed by atoms with Crippen LogP contribution < -0.4 is 10.5 Å². The molecule has 3 heteroatoms. The summed E-state index contributed by atoms with van der Waals surface area (Å²) in [6, 6.07) is 7.98. The van der Waals surface area contributed by atoms with E-state index in [9.17, 15) is 0 Å². The minimum Gasteiger partial charge on any atom is -0.492 e. The highest BCUT2D eigenvalue weighted by Gasteiger charge is 1.99. The van der Waals surface area contributed by atoms with E-state index in [1.54, 1.807) is 0 Å². The number of ether oxygens (including phenoxy) is 1. The van der Waals surface area contributed by atoms with E-state index >= 15 is 0 Å². The average Bonchev–Trinajstić information content (AvgIpc) is 2.36. The molecule has 0 atom stereocenters. The van der Waals surface area contributed by atoms with Gasteiger partial charge in [0.15, 0.2) is 0 Å². The van der Waals surface area contributed by atoms with Crippen molar-refractivity contribution in [2.24, 2.45) is 5.73 Å². The Morgan fingerprint density at radius 1 is 1.29 bits per heavy atom. The Labute approximate surface area is 105 Å². The quantitative estimate of drug-likeness (QED) is 0.752. The Balaban J connectivity index is 2.25. The molecule has 0 fully saturated rings. The largest absolute Gasteiger partial charge is 0.492 e. The highest BCUT2D eigenvalue weighted by atomic mass is 16.5. The first-order valence-corrected chi connectivity index (χ1v) is 6.36. The molecule has 0 aliphatic rings. The predicted octanol–water partition coefficient (Wildman–Crippen LogP) is 2.26. The van der Waals surface area contributed by atoms with E-state index in [1.807, 2.05) is 24.3 Å². The molecule has 0 spiro atoms. The van der Waals surface area contributed by atoms with Crippen molar-refractivity contribution in [3.8, 4) is 5.75 Å². The first kappa shape index (κ1) is 14.0. The van der Waals surface area contributed by atoms with Gasteiger partial charge in [-0.15, -0.1) is 0 Å². The van der Waals surface area contributed by atoms with Gasteiger partial charge in [0.05, 0.1) is 0 Å². The maximum atomic E-state index is 5.70. The van der Waals surface area contributed by atoms with E-state index in [0.29, 0.717) is 6.54 Å². The van der Waals surface area contributed by atoms with Gasteiger partial charge in [-0.3, -0.25) is 0 Å². The lowest BCUT2D eigenvalue weighted by Gasteiger charge is -2.16. The van der Waals surface area contributed by atoms with Crippen LogP contribution in [0.25, 0.3) is 0 Å². The van der Waals surface area contributed by atoms with Crippen LogP contribution in [0.15, 0.2) is 24.3 Å². The van der Waals surface area contributed by atoms with E-state index in [4.69, 9.17) is 10.5 Å². The smallest absolute Gasteiger partial charge is 0.119 e. The molecule has 0 saturated heterocycles. The van der Waals surface area contributed by atoms with Crippen LogP contribution in [0, 0.1) is 0 Å². The zero-order chi connectivity index (χ0) is 12.5. The van der Waals surface area contributed by atoms with Crippen molar-refractivity contribution in [1.82, 2.24) is 4.90 Å². The molecular formula is C14H24N2O. The van der Waals surface area contributed by atoms with Gasteiger partial charge in [0.2, 0.25) is 0 Å². The fourth-order valence-corrected chi connectivity index (χ4v) is 1.62. The molecule has 2 N–H and O–H groups in total. The summed E-state index contributed by atoms with van der Waals surface area (Å²) in [5, 5.41) is 0. The first-order valence-electron chi connectivity index (χ1n) is 6.36. The molecule has 0 aromatic heterocycles. The highest BCUT2D eigenvalue weighted by molar-refractivity contribution is 5.28. The molecule has 3 nitrogen and oxygen atoms in total. The number of hydrogen-bond donors (Lipinski definition) is 1. The maximum absolute atomic E-state index is 5.70. The average molecular weight is 236 g/mol. The van der Waals surface area contributed by atoms with Crippen molar-refractivity contribution in [1.29, 1.82) is 0 Å². The summed E-state index contributed by atoms with van der Waals surface area (Å²) in [4.78, 5) is 2.30. The summed E-state index contributed by atoms with van der Waals surface area (Å²) >= 11 is 0. The van der Waals surface area contributed by atoms with Gasteiger partial charge in [-0.25, -0.2) is 0 Å². The highest BCUT2D eigenvalue weighted by Crippen LogP contribution is 2.12. The van der Waals surface area contributed by atoms with Crippen LogP contribution in [0.4, 0.5) is 0 Å². The van der Waals surface area contributed by atoms with Crippen LogP contribution in [-0.2, 0) is 6.54 Å². The Kier molecular flexibility index (Phi) is 6.67. The van der Waals surface area contributed by atoms with Gasteiger partial charge >= 0.3 is 0 Å². The Morgan fingerprint density at radius 3 is 2.82 bits per heavy atom. The van der Waals surface area contributed by atoms with Crippen molar-refractivity contribution in [3.05, 3.63) is 29.8 Å². The number of unbranched alkanes of at least 4 members (excludes halogenated alkanes) is 1. The van der Waals surface area contributed by atoms with E-state index < -0.39 is 0 Å². The summed E-state index contributed by atoms with van der Waals surface area (Å²) in [6.07, 6.45) is 2.49. The van der Waals surface area contributed by atoms with Crippen molar-refractivity contribution in [3.63, 3.8) is 0 Å². The minimum absolute atomic E-state index is 0.563. The lowest BCUT2D eigenvalue weighted by molar-refractivity contribution is 0.235. The SMILES string of the molecule is CCCCN(C)CCOc1cccc(CN)c1. The minimum atomic E-state index is 0.563. The summed E-state index contributed by atoms with van der Waals surface area (Å²) in [7, 11) is 2.13. The lowest BCUT2D eigenvalue weighted by Crippen LogP contribution is -2.25. The molecule has 0 aliphatic carbocycles. The van der Waals surface area contributed by atoms with Crippen LogP contribution in [0.2, 0.25) is 0 Å². The fraction of sp³-hybridized carbons (Fsp3) is 0.571. The molecule has 96 valence electrons. The molecule has 1 rings (SSSR count). The molecule has 1 aromatic carbocycles.